The molecule has 0 saturated heterocycles. The molecule has 0 saturated carbocycles. The summed E-state index contributed by atoms with van der Waals surface area (Å²) in [7, 11) is 0. The lowest BCUT2D eigenvalue weighted by atomic mass is 9.87. The Hall–Kier alpha value is -2.38. The lowest BCUT2D eigenvalue weighted by molar-refractivity contribution is 0.728. The van der Waals surface area contributed by atoms with E-state index in [0.717, 1.165) is 12.8 Å². The molecule has 0 atom stereocenters. The molecule has 25 heavy (non-hydrogen) atoms. The van der Waals surface area contributed by atoms with Crippen LogP contribution in [-0.4, -0.2) is 5.48 Å². The lowest BCUT2D eigenvalue weighted by Crippen LogP contribution is -2.00. The molecule has 0 fully saturated rings. The van der Waals surface area contributed by atoms with Gasteiger partial charge >= 0.3 is 0 Å². The average molecular weight is 339 g/mol. The second-order valence-electron chi connectivity index (χ2n) is 5.00. The summed E-state index contributed by atoms with van der Waals surface area (Å²) in [5.41, 5.74) is 2.78. The van der Waals surface area contributed by atoms with Crippen LogP contribution in [-0.2, 0) is 0 Å². The monoisotopic (exact) mass is 338 g/mol. The fourth-order valence-electron chi connectivity index (χ4n) is 2.48. The topological polar surface area (TPSA) is 31.5 Å². The third-order valence-electron chi connectivity index (χ3n) is 3.52. The zero-order valence-electron chi connectivity index (χ0n) is 14.9. The molecule has 0 heterocycles. The molecule has 2 aromatic rings. The minimum atomic E-state index is 0. The van der Waals surface area contributed by atoms with E-state index in [9.17, 15) is 0 Å². The largest absolute Gasteiger partial charge is 0.412 e. The maximum Gasteiger partial charge on any atom is 0.00922 e. The minimum Gasteiger partial charge on any atom is -0.412 e. The van der Waals surface area contributed by atoms with Crippen molar-refractivity contribution < 1.29 is 5.48 Å². The third kappa shape index (κ3) is 9.49. The minimum absolute atomic E-state index is 0. The van der Waals surface area contributed by atoms with Crippen molar-refractivity contribution in [1.82, 2.24) is 0 Å². The molecule has 0 radical (unpaired) electrons. The smallest absolute Gasteiger partial charge is 0.00922 e. The molecular weight excluding hydrogens is 304 g/mol. The van der Waals surface area contributed by atoms with E-state index < -0.39 is 0 Å². The van der Waals surface area contributed by atoms with Gasteiger partial charge in [0.05, 0.1) is 0 Å². The maximum absolute atomic E-state index is 3.67. The van der Waals surface area contributed by atoms with Crippen LogP contribution in [0.4, 0.5) is 0 Å². The molecule has 136 valence electrons. The number of hydrogen-bond acceptors (Lipinski definition) is 0. The first kappa shape index (κ1) is 24.9. The fraction of sp³-hybridized carbons (Fsp3) is 0.250. The van der Waals surface area contributed by atoms with Gasteiger partial charge in [-0.25, -0.2) is 0 Å². The van der Waals surface area contributed by atoms with Crippen LogP contribution in [0, 0.1) is 0 Å². The highest BCUT2D eigenvalue weighted by atomic mass is 16.0. The highest BCUT2D eigenvalue weighted by Gasteiger charge is 2.12. The molecule has 0 spiro atoms. The number of allylic oxidation sites excluding steroid dienone is 5. The van der Waals surface area contributed by atoms with E-state index in [-0.39, 0.29) is 12.9 Å². The van der Waals surface area contributed by atoms with Crippen molar-refractivity contribution in [3.8, 4) is 0 Å². The normalized spacial score (nSPS) is 9.88. The standard InChI is InChI=1S/C21H22.C2H6.CH4.H2O/c1-2-3-4-5-6-13-18-21(19-14-9-7-10-15-19)20-16-11-8-12-17-20;1-2;;/h2-12,14-17,21H,1,13,18H2;1-2H3;1H4;1H2/b4-3-,6-5-;;;. The molecule has 0 aliphatic heterocycles. The Labute approximate surface area is 154 Å². The van der Waals surface area contributed by atoms with Gasteiger partial charge in [0.2, 0.25) is 0 Å². The quantitative estimate of drug-likeness (QED) is 0.501. The van der Waals surface area contributed by atoms with Crippen LogP contribution in [0.2, 0.25) is 0 Å². The third-order valence-corrected chi connectivity index (χ3v) is 3.52. The first-order valence-electron chi connectivity index (χ1n) is 8.46. The summed E-state index contributed by atoms with van der Waals surface area (Å²) < 4.78 is 0. The predicted molar refractivity (Wildman–Crippen MR) is 114 cm³/mol. The average Bonchev–Trinajstić information content (AvgIpc) is 2.64. The van der Waals surface area contributed by atoms with Crippen molar-refractivity contribution in [2.24, 2.45) is 0 Å². The number of benzene rings is 2. The maximum atomic E-state index is 3.67. The Balaban J connectivity index is 0. The van der Waals surface area contributed by atoms with Crippen LogP contribution in [0.1, 0.15) is 51.2 Å². The van der Waals surface area contributed by atoms with E-state index in [1.807, 2.05) is 26.0 Å². The Morgan fingerprint density at radius 3 is 1.72 bits per heavy atom. The van der Waals surface area contributed by atoms with Gasteiger partial charge in [0.25, 0.3) is 0 Å². The van der Waals surface area contributed by atoms with E-state index in [2.05, 4.69) is 79.4 Å². The van der Waals surface area contributed by atoms with Crippen LogP contribution >= 0.6 is 0 Å². The van der Waals surface area contributed by atoms with E-state index >= 15 is 0 Å². The van der Waals surface area contributed by atoms with E-state index in [4.69, 9.17) is 0 Å². The van der Waals surface area contributed by atoms with Crippen LogP contribution in [0.15, 0.2) is 97.6 Å². The van der Waals surface area contributed by atoms with Crippen molar-refractivity contribution in [3.63, 3.8) is 0 Å². The molecule has 1 heteroatoms. The molecule has 0 bridgehead atoms. The molecule has 0 aliphatic rings. The van der Waals surface area contributed by atoms with Crippen molar-refractivity contribution in [2.75, 3.05) is 0 Å². The van der Waals surface area contributed by atoms with Crippen LogP contribution in [0.5, 0.6) is 0 Å². The zero-order chi connectivity index (χ0) is 16.8. The van der Waals surface area contributed by atoms with Crippen molar-refractivity contribution >= 4 is 0 Å². The summed E-state index contributed by atoms with van der Waals surface area (Å²) >= 11 is 0. The Bertz CT molecular complexity index is 543. The summed E-state index contributed by atoms with van der Waals surface area (Å²) in [6.07, 6.45) is 12.3. The Morgan fingerprint density at radius 2 is 1.28 bits per heavy atom. The molecule has 2 aromatic carbocycles. The van der Waals surface area contributed by atoms with Crippen LogP contribution in [0.25, 0.3) is 0 Å². The predicted octanol–water partition coefficient (Wildman–Crippen LogP) is 6.73. The van der Waals surface area contributed by atoms with E-state index in [0.29, 0.717) is 5.92 Å². The molecular formula is C24H34O. The molecule has 1 nitrogen and oxygen atoms in total. The van der Waals surface area contributed by atoms with E-state index in [1.165, 1.54) is 11.1 Å². The second-order valence-corrected chi connectivity index (χ2v) is 5.00. The van der Waals surface area contributed by atoms with Gasteiger partial charge in [-0.1, -0.05) is 119 Å². The number of hydrogen-bond donors (Lipinski definition) is 0. The SMILES string of the molecule is C.C=C/C=C\C=C/CCC(c1ccccc1)c1ccccc1.CC.O. The molecule has 0 aliphatic carbocycles. The highest BCUT2D eigenvalue weighted by molar-refractivity contribution is 5.32. The summed E-state index contributed by atoms with van der Waals surface area (Å²) in [5, 5.41) is 0. The van der Waals surface area contributed by atoms with Gasteiger partial charge in [0, 0.05) is 5.92 Å². The molecule has 0 unspecified atom stereocenters. The van der Waals surface area contributed by atoms with Gasteiger partial charge in [-0.15, -0.1) is 0 Å². The van der Waals surface area contributed by atoms with Gasteiger partial charge < -0.3 is 5.48 Å². The Morgan fingerprint density at radius 1 is 0.800 bits per heavy atom. The van der Waals surface area contributed by atoms with Crippen molar-refractivity contribution in [1.29, 1.82) is 0 Å². The summed E-state index contributed by atoms with van der Waals surface area (Å²) in [4.78, 5) is 0. The fourth-order valence-corrected chi connectivity index (χ4v) is 2.48. The Kier molecular flexibility index (Phi) is 16.4. The van der Waals surface area contributed by atoms with Crippen molar-refractivity contribution in [2.45, 2.75) is 40.0 Å². The van der Waals surface area contributed by atoms with Gasteiger partial charge in [0.15, 0.2) is 0 Å². The van der Waals surface area contributed by atoms with Gasteiger partial charge in [-0.3, -0.25) is 0 Å². The highest BCUT2D eigenvalue weighted by Crippen LogP contribution is 2.29. The first-order valence-corrected chi connectivity index (χ1v) is 8.46. The zero-order valence-corrected chi connectivity index (χ0v) is 14.9. The van der Waals surface area contributed by atoms with E-state index in [1.54, 1.807) is 6.08 Å². The van der Waals surface area contributed by atoms with Gasteiger partial charge in [-0.2, -0.15) is 0 Å². The summed E-state index contributed by atoms with van der Waals surface area (Å²) in [6.45, 7) is 7.67. The van der Waals surface area contributed by atoms with Gasteiger partial charge in [0.1, 0.15) is 0 Å². The molecule has 2 N–H and O–H groups in total. The molecule has 0 aromatic heterocycles. The summed E-state index contributed by atoms with van der Waals surface area (Å²) in [5.74, 6) is 0.459. The summed E-state index contributed by atoms with van der Waals surface area (Å²) in [6, 6.07) is 21.5. The van der Waals surface area contributed by atoms with Crippen molar-refractivity contribution in [3.05, 3.63) is 109 Å². The van der Waals surface area contributed by atoms with Crippen LogP contribution < -0.4 is 0 Å². The number of rotatable bonds is 7. The molecule has 2 rings (SSSR count). The lowest BCUT2D eigenvalue weighted by Gasteiger charge is -2.17. The first-order chi connectivity index (χ1) is 11.4. The van der Waals surface area contributed by atoms with Gasteiger partial charge in [-0.05, 0) is 24.0 Å². The second kappa shape index (κ2) is 16.5. The molecule has 0 amide bonds. The van der Waals surface area contributed by atoms with Crippen LogP contribution in [0.3, 0.4) is 0 Å².